The lowest BCUT2D eigenvalue weighted by Crippen LogP contribution is -2.40. The van der Waals surface area contributed by atoms with Gasteiger partial charge in [0.25, 0.3) is 5.91 Å². The van der Waals surface area contributed by atoms with Gasteiger partial charge in [-0.2, -0.15) is 13.2 Å². The number of hydrogen-bond acceptors (Lipinski definition) is 5. The first-order valence-corrected chi connectivity index (χ1v) is 7.41. The average Bonchev–Trinajstić information content (AvgIpc) is 2.58. The molecular weight excluding hydrogens is 353 g/mol. The largest absolute Gasteiger partial charge is 0.417 e. The summed E-state index contributed by atoms with van der Waals surface area (Å²) in [6.45, 7) is 1.25. The van der Waals surface area contributed by atoms with Gasteiger partial charge in [0.15, 0.2) is 6.10 Å². The molecule has 1 unspecified atom stereocenters. The molecule has 2 N–H and O–H groups in total. The second-order valence-corrected chi connectivity index (χ2v) is 5.26. The van der Waals surface area contributed by atoms with Crippen LogP contribution in [0, 0.1) is 0 Å². The molecule has 7 nitrogen and oxygen atoms in total. The highest BCUT2D eigenvalue weighted by atomic mass is 19.4. The van der Waals surface area contributed by atoms with Crippen molar-refractivity contribution >= 4 is 17.6 Å². The van der Waals surface area contributed by atoms with E-state index in [1.54, 1.807) is 5.48 Å². The van der Waals surface area contributed by atoms with Crippen molar-refractivity contribution in [3.63, 3.8) is 0 Å². The Morgan fingerprint density at radius 3 is 2.65 bits per heavy atom. The first-order valence-electron chi connectivity index (χ1n) is 7.41. The number of rotatable bonds is 6. The van der Waals surface area contributed by atoms with E-state index in [4.69, 9.17) is 0 Å². The van der Waals surface area contributed by atoms with Crippen molar-refractivity contribution in [3.8, 4) is 0 Å². The van der Waals surface area contributed by atoms with Gasteiger partial charge in [0.1, 0.15) is 5.82 Å². The Hall–Kier alpha value is -3.01. The Bertz CT molecular complexity index is 769. The van der Waals surface area contributed by atoms with Gasteiger partial charge in [0, 0.05) is 31.9 Å². The molecule has 0 saturated carbocycles. The highest BCUT2D eigenvalue weighted by Gasteiger charge is 2.41. The Morgan fingerprint density at radius 2 is 2.04 bits per heavy atom. The van der Waals surface area contributed by atoms with Gasteiger partial charge in [0.2, 0.25) is 5.91 Å². The fourth-order valence-corrected chi connectivity index (χ4v) is 1.97. The molecule has 2 rings (SSSR count). The first kappa shape index (κ1) is 19.3. The third-order valence-electron chi connectivity index (χ3n) is 3.13. The number of amides is 2. The van der Waals surface area contributed by atoms with E-state index in [0.717, 1.165) is 0 Å². The summed E-state index contributed by atoms with van der Waals surface area (Å²) in [4.78, 5) is 34.9. The molecule has 0 saturated heterocycles. The van der Waals surface area contributed by atoms with Gasteiger partial charge in [-0.3, -0.25) is 19.4 Å². The quantitative estimate of drug-likeness (QED) is 0.763. The maximum Gasteiger partial charge on any atom is 0.417 e. The minimum Gasteiger partial charge on any atom is -0.311 e. The Balaban J connectivity index is 2.06. The van der Waals surface area contributed by atoms with Crippen LogP contribution in [0.3, 0.4) is 0 Å². The van der Waals surface area contributed by atoms with E-state index in [2.05, 4.69) is 20.1 Å². The van der Waals surface area contributed by atoms with Gasteiger partial charge in [-0.15, -0.1) is 0 Å². The highest BCUT2D eigenvalue weighted by molar-refractivity contribution is 5.93. The molecule has 0 fully saturated rings. The summed E-state index contributed by atoms with van der Waals surface area (Å²) in [5.41, 5.74) is 2.07. The van der Waals surface area contributed by atoms with E-state index >= 15 is 0 Å². The molecule has 0 aliphatic carbocycles. The number of halogens is 3. The molecular formula is C16H15F3N4O3. The zero-order chi connectivity index (χ0) is 19.2. The molecule has 1 atom stereocenters. The molecule has 0 aliphatic rings. The Morgan fingerprint density at radius 1 is 1.27 bits per heavy atom. The smallest absolute Gasteiger partial charge is 0.311 e. The molecule has 0 aromatic carbocycles. The molecule has 26 heavy (non-hydrogen) atoms. The maximum atomic E-state index is 13.2. The van der Waals surface area contributed by atoms with E-state index in [-0.39, 0.29) is 16.9 Å². The predicted molar refractivity (Wildman–Crippen MR) is 84.9 cm³/mol. The van der Waals surface area contributed by atoms with Crippen LogP contribution in [0.25, 0.3) is 0 Å². The predicted octanol–water partition coefficient (Wildman–Crippen LogP) is 2.27. The third-order valence-corrected chi connectivity index (χ3v) is 3.13. The van der Waals surface area contributed by atoms with Crippen molar-refractivity contribution in [2.45, 2.75) is 25.6 Å². The summed E-state index contributed by atoms with van der Waals surface area (Å²) in [5.74, 6) is -1.13. The molecule has 2 aromatic heterocycles. The SMILES string of the molecule is CC(=O)Nc1cc(CC(ONC(=O)c2cccnc2)C(F)(F)F)ccn1. The minimum atomic E-state index is -4.72. The van der Waals surface area contributed by atoms with Gasteiger partial charge in [-0.05, 0) is 29.8 Å². The highest BCUT2D eigenvalue weighted by Crippen LogP contribution is 2.26. The van der Waals surface area contributed by atoms with Crippen LogP contribution in [0.1, 0.15) is 22.8 Å². The van der Waals surface area contributed by atoms with Crippen LogP contribution in [-0.4, -0.2) is 34.1 Å². The molecule has 10 heteroatoms. The number of carbonyl (C=O) groups excluding carboxylic acids is 2. The standard InChI is InChI=1S/C16H15F3N4O3/c1-10(24)22-14-8-11(4-6-21-14)7-13(16(17,18)19)26-23-15(25)12-3-2-5-20-9-12/h2-6,8-9,13H,7H2,1H3,(H,23,25)(H,21,22,24). The van der Waals surface area contributed by atoms with Gasteiger partial charge >= 0.3 is 6.18 Å². The number of aromatic nitrogens is 2. The topological polar surface area (TPSA) is 93.2 Å². The summed E-state index contributed by atoms with van der Waals surface area (Å²) in [6.07, 6.45) is -3.69. The van der Waals surface area contributed by atoms with Gasteiger partial charge in [-0.1, -0.05) is 0 Å². The number of nitrogens with zero attached hydrogens (tertiary/aromatic N) is 2. The van der Waals surface area contributed by atoms with Gasteiger partial charge in [0.05, 0.1) is 5.56 Å². The van der Waals surface area contributed by atoms with Crippen LogP contribution in [-0.2, 0) is 16.1 Å². The molecule has 0 bridgehead atoms. The van der Waals surface area contributed by atoms with Crippen molar-refractivity contribution in [2.24, 2.45) is 0 Å². The molecule has 0 radical (unpaired) electrons. The summed E-state index contributed by atoms with van der Waals surface area (Å²) in [6, 6.07) is 5.51. The number of alkyl halides is 3. The average molecular weight is 368 g/mol. The summed E-state index contributed by atoms with van der Waals surface area (Å²) >= 11 is 0. The molecule has 138 valence electrons. The maximum absolute atomic E-state index is 13.2. The summed E-state index contributed by atoms with van der Waals surface area (Å²) in [5, 5.41) is 2.38. The zero-order valence-electron chi connectivity index (χ0n) is 13.6. The Kier molecular flexibility index (Phi) is 6.23. The molecule has 0 aliphatic heterocycles. The van der Waals surface area contributed by atoms with E-state index in [1.807, 2.05) is 0 Å². The van der Waals surface area contributed by atoms with Crippen LogP contribution in [0.15, 0.2) is 42.9 Å². The monoisotopic (exact) mass is 368 g/mol. The number of hydroxylamine groups is 1. The lowest BCUT2D eigenvalue weighted by Gasteiger charge is -2.20. The Labute approximate surface area is 146 Å². The summed E-state index contributed by atoms with van der Waals surface area (Å²) in [7, 11) is 0. The number of pyridine rings is 2. The normalized spacial score (nSPS) is 12.3. The van der Waals surface area contributed by atoms with Crippen LogP contribution < -0.4 is 10.8 Å². The number of carbonyl (C=O) groups is 2. The van der Waals surface area contributed by atoms with Gasteiger partial charge < -0.3 is 5.32 Å². The van der Waals surface area contributed by atoms with Crippen LogP contribution in [0.2, 0.25) is 0 Å². The third kappa shape index (κ3) is 5.81. The zero-order valence-corrected chi connectivity index (χ0v) is 13.6. The lowest BCUT2D eigenvalue weighted by molar-refractivity contribution is -0.231. The van der Waals surface area contributed by atoms with Crippen molar-refractivity contribution in [1.29, 1.82) is 0 Å². The van der Waals surface area contributed by atoms with Crippen molar-refractivity contribution in [3.05, 3.63) is 54.0 Å². The van der Waals surface area contributed by atoms with E-state index in [1.165, 1.54) is 49.8 Å². The summed E-state index contributed by atoms with van der Waals surface area (Å²) < 4.78 is 39.6. The molecule has 2 heterocycles. The number of nitrogens with one attached hydrogen (secondary N) is 2. The number of anilines is 1. The number of hydrogen-bond donors (Lipinski definition) is 2. The fraction of sp³-hybridized carbons (Fsp3) is 0.250. The molecule has 2 aromatic rings. The lowest BCUT2D eigenvalue weighted by atomic mass is 10.1. The van der Waals surface area contributed by atoms with Crippen LogP contribution >= 0.6 is 0 Å². The second-order valence-electron chi connectivity index (χ2n) is 5.26. The van der Waals surface area contributed by atoms with Crippen LogP contribution in [0.4, 0.5) is 19.0 Å². The van der Waals surface area contributed by atoms with Gasteiger partial charge in [-0.25, -0.2) is 10.5 Å². The fourth-order valence-electron chi connectivity index (χ4n) is 1.97. The van der Waals surface area contributed by atoms with E-state index in [0.29, 0.717) is 0 Å². The van der Waals surface area contributed by atoms with Crippen LogP contribution in [0.5, 0.6) is 0 Å². The first-order chi connectivity index (χ1) is 12.3. The van der Waals surface area contributed by atoms with Crippen molar-refractivity contribution in [1.82, 2.24) is 15.4 Å². The molecule has 0 spiro atoms. The van der Waals surface area contributed by atoms with E-state index in [9.17, 15) is 22.8 Å². The van der Waals surface area contributed by atoms with Crippen molar-refractivity contribution < 1.29 is 27.6 Å². The minimum absolute atomic E-state index is 0.0604. The second kappa shape index (κ2) is 8.39. The van der Waals surface area contributed by atoms with E-state index < -0.39 is 30.5 Å². The van der Waals surface area contributed by atoms with Crippen molar-refractivity contribution in [2.75, 3.05) is 5.32 Å². The molecule has 2 amide bonds.